The molecule has 3 aromatic rings. The maximum absolute atomic E-state index is 14.6. The molecule has 3 unspecified atom stereocenters. The van der Waals surface area contributed by atoms with Gasteiger partial charge in [0.1, 0.15) is 23.8 Å². The quantitative estimate of drug-likeness (QED) is 0.349. The van der Waals surface area contributed by atoms with Gasteiger partial charge in [0.25, 0.3) is 0 Å². The van der Waals surface area contributed by atoms with Gasteiger partial charge in [-0.2, -0.15) is 5.26 Å². The van der Waals surface area contributed by atoms with Crippen LogP contribution in [0.25, 0.3) is 10.8 Å². The van der Waals surface area contributed by atoms with E-state index in [1.165, 1.54) is 18.2 Å². The van der Waals surface area contributed by atoms with Crippen molar-refractivity contribution in [2.45, 2.75) is 44.7 Å². The van der Waals surface area contributed by atoms with Gasteiger partial charge in [0.2, 0.25) is 0 Å². The van der Waals surface area contributed by atoms with Gasteiger partial charge in [-0.3, -0.25) is 0 Å². The summed E-state index contributed by atoms with van der Waals surface area (Å²) in [5.41, 5.74) is 1.25. The minimum Gasteiger partial charge on any atom is -0.423 e. The molecule has 3 nitrogen and oxygen atoms in total. The van der Waals surface area contributed by atoms with E-state index in [1.807, 2.05) is 6.07 Å². The number of esters is 1. The molecule has 0 radical (unpaired) electrons. The molecule has 0 heterocycles. The Morgan fingerprint density at radius 2 is 1.90 bits per heavy atom. The second-order valence-corrected chi connectivity index (χ2v) is 8.14. The molecule has 158 valence electrons. The van der Waals surface area contributed by atoms with Gasteiger partial charge in [-0.1, -0.05) is 31.5 Å². The molecule has 1 aliphatic rings. The van der Waals surface area contributed by atoms with E-state index in [4.69, 9.17) is 10.00 Å². The van der Waals surface area contributed by atoms with Gasteiger partial charge in [0.05, 0.1) is 11.1 Å². The molecular weight excluding hydrogens is 396 g/mol. The summed E-state index contributed by atoms with van der Waals surface area (Å²) < 4.78 is 34.3. The third-order valence-electron chi connectivity index (χ3n) is 6.29. The van der Waals surface area contributed by atoms with Crippen LogP contribution in [0, 0.1) is 23.1 Å². The van der Waals surface area contributed by atoms with Gasteiger partial charge in [0.15, 0.2) is 0 Å². The van der Waals surface area contributed by atoms with E-state index in [0.29, 0.717) is 28.7 Å². The molecule has 4 rings (SSSR count). The maximum atomic E-state index is 14.6. The van der Waals surface area contributed by atoms with Crippen molar-refractivity contribution in [1.82, 2.24) is 0 Å². The maximum Gasteiger partial charge on any atom is 0.343 e. The Hall–Kier alpha value is -3.26. The van der Waals surface area contributed by atoms with Gasteiger partial charge < -0.3 is 4.74 Å². The van der Waals surface area contributed by atoms with Crippen LogP contribution in [0.15, 0.2) is 54.6 Å². The van der Waals surface area contributed by atoms with Crippen molar-refractivity contribution in [2.24, 2.45) is 5.92 Å². The van der Waals surface area contributed by atoms with Crippen molar-refractivity contribution in [1.29, 1.82) is 5.26 Å². The smallest absolute Gasteiger partial charge is 0.343 e. The highest BCUT2D eigenvalue weighted by atomic mass is 19.1. The van der Waals surface area contributed by atoms with Crippen molar-refractivity contribution in [3.05, 3.63) is 77.1 Å². The zero-order chi connectivity index (χ0) is 22.0. The lowest BCUT2D eigenvalue weighted by atomic mass is 9.76. The monoisotopic (exact) mass is 419 g/mol. The van der Waals surface area contributed by atoms with E-state index >= 15 is 0 Å². The van der Waals surface area contributed by atoms with Crippen LogP contribution in [-0.4, -0.2) is 12.1 Å². The Kier molecular flexibility index (Phi) is 5.99. The summed E-state index contributed by atoms with van der Waals surface area (Å²) >= 11 is 0. The van der Waals surface area contributed by atoms with Crippen molar-refractivity contribution >= 4 is 16.7 Å². The highest BCUT2D eigenvalue weighted by molar-refractivity contribution is 5.92. The van der Waals surface area contributed by atoms with E-state index in [1.54, 1.807) is 36.4 Å². The minimum atomic E-state index is -0.851. The fraction of sp³-hybridized carbons (Fsp3) is 0.308. The number of carbonyl (C=O) groups excluding carboxylic acids is 1. The van der Waals surface area contributed by atoms with Crippen molar-refractivity contribution < 1.29 is 18.3 Å². The average molecular weight is 419 g/mol. The van der Waals surface area contributed by atoms with Gasteiger partial charge in [-0.25, -0.2) is 13.6 Å². The summed E-state index contributed by atoms with van der Waals surface area (Å²) in [6, 6.07) is 16.3. The Morgan fingerprint density at radius 1 is 1.13 bits per heavy atom. The fourth-order valence-electron chi connectivity index (χ4n) is 4.40. The number of rotatable bonds is 4. The van der Waals surface area contributed by atoms with Crippen LogP contribution in [0.5, 0.6) is 5.75 Å². The first kappa shape index (κ1) is 21.0. The first-order valence-corrected chi connectivity index (χ1v) is 10.6. The van der Waals surface area contributed by atoms with Gasteiger partial charge in [-0.05, 0) is 72.5 Å². The number of fused-ring (bicyclic) bond motifs is 1. The number of alkyl halides is 1. The topological polar surface area (TPSA) is 50.1 Å². The third kappa shape index (κ3) is 4.29. The van der Waals surface area contributed by atoms with Crippen molar-refractivity contribution in [3.8, 4) is 11.8 Å². The Balaban J connectivity index is 1.47. The summed E-state index contributed by atoms with van der Waals surface area (Å²) in [4.78, 5) is 12.5. The average Bonchev–Trinajstić information content (AvgIpc) is 2.79. The lowest BCUT2D eigenvalue weighted by molar-refractivity contribution is 0.0735. The predicted molar refractivity (Wildman–Crippen MR) is 115 cm³/mol. The number of halogens is 2. The summed E-state index contributed by atoms with van der Waals surface area (Å²) in [5, 5.41) is 9.77. The number of carbonyl (C=O) groups is 1. The molecule has 3 aromatic carbocycles. The molecule has 1 aliphatic carbocycles. The normalized spacial score (nSPS) is 20.9. The number of nitrogens with zero attached hydrogens (tertiary/aromatic N) is 1. The largest absolute Gasteiger partial charge is 0.423 e. The molecule has 0 aliphatic heterocycles. The predicted octanol–water partition coefficient (Wildman–Crippen LogP) is 6.70. The van der Waals surface area contributed by atoms with E-state index in [9.17, 15) is 13.6 Å². The van der Waals surface area contributed by atoms with Crippen LogP contribution < -0.4 is 4.74 Å². The molecule has 0 spiro atoms. The summed E-state index contributed by atoms with van der Waals surface area (Å²) in [6.45, 7) is 2.10. The van der Waals surface area contributed by atoms with E-state index in [-0.39, 0.29) is 17.2 Å². The molecule has 0 aromatic heterocycles. The minimum absolute atomic E-state index is 0.0315. The van der Waals surface area contributed by atoms with Crippen LogP contribution >= 0.6 is 0 Å². The number of hydrogen-bond acceptors (Lipinski definition) is 3. The molecule has 0 N–H and O–H groups in total. The molecule has 0 amide bonds. The Bertz CT molecular complexity index is 1150. The third-order valence-corrected chi connectivity index (χ3v) is 6.29. The highest BCUT2D eigenvalue weighted by Gasteiger charge is 2.30. The van der Waals surface area contributed by atoms with Crippen LogP contribution in [0.2, 0.25) is 0 Å². The number of ether oxygens (including phenoxy) is 1. The van der Waals surface area contributed by atoms with Gasteiger partial charge >= 0.3 is 5.97 Å². The first-order chi connectivity index (χ1) is 15.0. The molecule has 1 saturated carbocycles. The fourth-order valence-corrected chi connectivity index (χ4v) is 4.40. The number of benzene rings is 3. The SMILES string of the molecule is CCC1CCC(c2ccc(C(=O)Oc3ccc4c(F)c(C#N)ccc4c3)cc2)C(F)C1. The zero-order valence-electron chi connectivity index (χ0n) is 17.3. The number of hydrogen-bond donors (Lipinski definition) is 0. The Morgan fingerprint density at radius 3 is 2.58 bits per heavy atom. The van der Waals surface area contributed by atoms with Crippen molar-refractivity contribution in [2.75, 3.05) is 0 Å². The van der Waals surface area contributed by atoms with Crippen LogP contribution in [0.1, 0.15) is 60.0 Å². The molecule has 31 heavy (non-hydrogen) atoms. The lowest BCUT2D eigenvalue weighted by Gasteiger charge is -2.31. The standard InChI is InChI=1S/C26H23F2NO2/c1-2-16-3-11-22(24(27)13-16)17-4-6-18(7-5-17)26(30)31-21-10-12-23-19(14-21)8-9-20(15-29)25(23)28/h4-10,12,14,16,22,24H,2-3,11,13H2,1H3. The number of nitriles is 1. The molecule has 0 bridgehead atoms. The van der Waals surface area contributed by atoms with E-state index in [0.717, 1.165) is 24.8 Å². The molecule has 5 heteroatoms. The summed E-state index contributed by atoms with van der Waals surface area (Å²) in [7, 11) is 0. The molecule has 3 atom stereocenters. The zero-order valence-corrected chi connectivity index (χ0v) is 17.3. The second kappa shape index (κ2) is 8.85. The summed E-state index contributed by atoms with van der Waals surface area (Å²) in [6.07, 6.45) is 2.62. The second-order valence-electron chi connectivity index (χ2n) is 8.14. The Labute approximate surface area is 180 Å². The molecular formula is C26H23F2NO2. The summed E-state index contributed by atoms with van der Waals surface area (Å²) in [5.74, 6) is -0.504. The molecule has 1 fully saturated rings. The lowest BCUT2D eigenvalue weighted by Crippen LogP contribution is -2.24. The van der Waals surface area contributed by atoms with E-state index < -0.39 is 18.0 Å². The van der Waals surface area contributed by atoms with Crippen LogP contribution in [0.4, 0.5) is 8.78 Å². The van der Waals surface area contributed by atoms with Crippen molar-refractivity contribution in [3.63, 3.8) is 0 Å². The van der Waals surface area contributed by atoms with Gasteiger partial charge in [-0.15, -0.1) is 0 Å². The van der Waals surface area contributed by atoms with Gasteiger partial charge in [0, 0.05) is 11.3 Å². The first-order valence-electron chi connectivity index (χ1n) is 10.6. The van der Waals surface area contributed by atoms with E-state index in [2.05, 4.69) is 6.92 Å². The van der Waals surface area contributed by atoms with Crippen LogP contribution in [0.3, 0.4) is 0 Å². The highest BCUT2D eigenvalue weighted by Crippen LogP contribution is 2.39. The molecule has 0 saturated heterocycles. The van der Waals surface area contributed by atoms with Crippen LogP contribution in [-0.2, 0) is 0 Å².